The van der Waals surface area contributed by atoms with Crippen molar-refractivity contribution in [1.82, 2.24) is 39.2 Å². The molecule has 3 rings (SSSR count). The molecule has 3 heterocycles. The van der Waals surface area contributed by atoms with Gasteiger partial charge in [0.15, 0.2) is 6.29 Å². The zero-order valence-electron chi connectivity index (χ0n) is 71.0. The SMILES string of the molecule is CC(=O)OC(C)CN(CCC#N)CCC#N.CC(=O)OCCOCCN(CCC#N)CCC#N.CC(O)CN(CCC#N)CCC#N.COC(CN(CCC#N)CCC#N)OC.N#CCCCN1CCOCC1.N#CCCN(CCC#N)CC1CCCO1.N#CCCN(CCC#N)CCOCCO.N#CCCOC(=O)CCN1CCOCC1. The van der Waals surface area contributed by atoms with Crippen LogP contribution in [0.25, 0.3) is 0 Å². The van der Waals surface area contributed by atoms with Gasteiger partial charge in [-0.05, 0) is 39.7 Å². The third kappa shape index (κ3) is 88.9. The highest BCUT2D eigenvalue weighted by atomic mass is 16.7. The number of nitrogens with zero attached hydrogens (tertiary/aromatic N) is 22. The number of hydrogen-bond donors (Lipinski definition) is 2. The van der Waals surface area contributed by atoms with Crippen LogP contribution in [0.5, 0.6) is 0 Å². The number of carbonyl (C=O) groups excluding carboxylic acids is 3. The molecule has 0 spiro atoms. The van der Waals surface area contributed by atoms with E-state index in [-0.39, 0.29) is 56.5 Å². The minimum Gasteiger partial charge on any atom is -0.465 e. The molecule has 3 fully saturated rings. The molecule has 2 N–H and O–H groups in total. The predicted molar refractivity (Wildman–Crippen MR) is 432 cm³/mol. The van der Waals surface area contributed by atoms with E-state index in [1.165, 1.54) is 13.8 Å². The van der Waals surface area contributed by atoms with Gasteiger partial charge in [-0.15, -0.1) is 0 Å². The van der Waals surface area contributed by atoms with Crippen LogP contribution >= 0.6 is 0 Å². The molecular weight excluding hydrogens is 1520 g/mol. The van der Waals surface area contributed by atoms with Gasteiger partial charge in [0, 0.05) is 269 Å². The van der Waals surface area contributed by atoms with E-state index in [1.807, 2.05) is 42.7 Å². The van der Waals surface area contributed by atoms with Crippen molar-refractivity contribution < 1.29 is 72.0 Å². The van der Waals surface area contributed by atoms with Gasteiger partial charge >= 0.3 is 17.9 Å². The Morgan fingerprint density at radius 3 is 1.13 bits per heavy atom. The third-order valence-corrected chi connectivity index (χ3v) is 16.3. The topological polar surface area (TPSA) is 543 Å². The normalized spacial score (nSPS) is 13.5. The van der Waals surface area contributed by atoms with Crippen LogP contribution in [0, 0.1) is 159 Å². The second-order valence-electron chi connectivity index (χ2n) is 25.9. The van der Waals surface area contributed by atoms with E-state index in [0.29, 0.717) is 221 Å². The third-order valence-electron chi connectivity index (χ3n) is 16.3. The summed E-state index contributed by atoms with van der Waals surface area (Å²) in [5.74, 6) is -0.854. The zero-order valence-corrected chi connectivity index (χ0v) is 71.0. The van der Waals surface area contributed by atoms with Gasteiger partial charge in [0.25, 0.3) is 0 Å². The molecule has 37 heteroatoms. The summed E-state index contributed by atoms with van der Waals surface area (Å²) in [6.45, 7) is 29.8. The Hall–Kier alpha value is -9.41. The molecule has 0 radical (unpaired) electrons. The van der Waals surface area contributed by atoms with E-state index >= 15 is 0 Å². The average Bonchev–Trinajstić information content (AvgIpc) is 1.85. The summed E-state index contributed by atoms with van der Waals surface area (Å²) in [5.41, 5.74) is 0. The molecule has 0 aromatic heterocycles. The Balaban J connectivity index is -0.000000413. The molecule has 0 aromatic carbocycles. The van der Waals surface area contributed by atoms with Crippen molar-refractivity contribution in [2.24, 2.45) is 0 Å². The van der Waals surface area contributed by atoms with Crippen LogP contribution in [0.3, 0.4) is 0 Å². The van der Waals surface area contributed by atoms with Crippen molar-refractivity contribution in [3.8, 4) is 85.0 Å². The van der Waals surface area contributed by atoms with Gasteiger partial charge in [0.2, 0.25) is 0 Å². The maximum Gasteiger partial charge on any atom is 0.307 e. The summed E-state index contributed by atoms with van der Waals surface area (Å²) in [5, 5.41) is 136. The lowest BCUT2D eigenvalue weighted by Gasteiger charge is -2.25. The minimum atomic E-state index is -0.405. The van der Waals surface area contributed by atoms with Crippen LogP contribution in [0.15, 0.2) is 0 Å². The Morgan fingerprint density at radius 1 is 0.415 bits per heavy atom. The summed E-state index contributed by atoms with van der Waals surface area (Å²) < 4.78 is 51.0. The lowest BCUT2D eigenvalue weighted by molar-refractivity contribution is -0.146. The summed E-state index contributed by atoms with van der Waals surface area (Å²) in [4.78, 5) is 48.9. The van der Waals surface area contributed by atoms with E-state index in [2.05, 4.69) is 81.5 Å². The standard InChI is InChI=1S/C12H19N3O3.C11H17N3O2.C11H17N3O.2C10H17N3O2.C10H16N2O3.C9H15N3O.C8H14N2O/c1-12(16)18-11-10-17-9-8-15(6-2-4-13)7-3-5-14;1-10(16-11(2)15)9-14(7-3-5-12)8-4-6-13;12-5-2-7-14(8-3-6-13)10-11-4-1-9-15-11;1-14-10(15-2)9-13(7-3-5-11)8-4-6-12;11-3-1-5-13(6-2-4-12)7-9-15-10-8-14;11-3-1-7-15-10(13)2-4-12-5-8-14-9-6-12;1-9(13)8-12(6-2-4-10)7-3-5-11;9-3-1-2-4-10-5-7-11-8-6-10/h2-3,6-11H2,1H3;10H,3-4,7-9H2,1-2H3;11H,1-4,7-10H2;10H,3-4,7-9H2,1-2H3;14H,1-2,5-10H2;1-2,4-9H2;9,13H,2-3,6-8H2,1H3;1-2,4-8H2. The van der Waals surface area contributed by atoms with Gasteiger partial charge in [0.05, 0.1) is 169 Å². The largest absolute Gasteiger partial charge is 0.465 e. The first-order valence-electron chi connectivity index (χ1n) is 40.0. The number of esters is 3. The number of nitriles is 14. The maximum absolute atomic E-state index is 11.2. The Bertz CT molecular complexity index is 2920. The molecular formula is C81H132N22O15. The zero-order chi connectivity index (χ0) is 88.8. The summed E-state index contributed by atoms with van der Waals surface area (Å²) >= 11 is 0. The number of unbranched alkanes of at least 4 members (excludes halogenated alkanes) is 1. The van der Waals surface area contributed by atoms with Crippen LogP contribution in [0.2, 0.25) is 0 Å². The molecule has 0 amide bonds. The Morgan fingerprint density at radius 2 is 0.780 bits per heavy atom. The number of rotatable bonds is 54. The van der Waals surface area contributed by atoms with E-state index in [4.69, 9.17) is 131 Å². The number of aliphatic hydroxyl groups is 2. The molecule has 3 unspecified atom stereocenters. The minimum absolute atomic E-state index is 0.0242. The second-order valence-corrected chi connectivity index (χ2v) is 25.9. The van der Waals surface area contributed by atoms with Crippen molar-refractivity contribution in [2.75, 3.05) is 251 Å². The number of carbonyl (C=O) groups is 3. The summed E-state index contributed by atoms with van der Waals surface area (Å²) in [6.07, 6.45) is 9.44. The van der Waals surface area contributed by atoms with E-state index < -0.39 is 6.10 Å². The molecule has 3 atom stereocenters. The number of morpholine rings is 2. The molecule has 0 aliphatic carbocycles. The van der Waals surface area contributed by atoms with Crippen molar-refractivity contribution in [2.45, 2.75) is 168 Å². The van der Waals surface area contributed by atoms with Gasteiger partial charge < -0.3 is 57.6 Å². The van der Waals surface area contributed by atoms with Crippen LogP contribution in [0.4, 0.5) is 0 Å². The molecule has 0 bridgehead atoms. The number of methoxy groups -OCH3 is 2. The first kappa shape index (κ1) is 117. The predicted octanol–water partition coefficient (Wildman–Crippen LogP) is 5.20. The first-order chi connectivity index (χ1) is 57.2. The highest BCUT2D eigenvalue weighted by Gasteiger charge is 2.20. The molecule has 0 saturated carbocycles. The monoisotopic (exact) mass is 1650 g/mol. The number of ether oxygens (including phenoxy) is 10. The first-order valence-corrected chi connectivity index (χ1v) is 40.0. The van der Waals surface area contributed by atoms with Gasteiger partial charge in [-0.25, -0.2) is 0 Å². The Kier molecular flexibility index (Phi) is 94.0. The highest BCUT2D eigenvalue weighted by molar-refractivity contribution is 5.69. The smallest absolute Gasteiger partial charge is 0.307 e. The van der Waals surface area contributed by atoms with Gasteiger partial charge in [0.1, 0.15) is 19.3 Å². The fourth-order valence-electron chi connectivity index (χ4n) is 10.4. The summed E-state index contributed by atoms with van der Waals surface area (Å²) in [6, 6.07) is 29.0. The van der Waals surface area contributed by atoms with E-state index in [9.17, 15) is 14.4 Å². The van der Waals surface area contributed by atoms with Crippen LogP contribution in [-0.2, 0) is 61.8 Å². The average molecular weight is 1650 g/mol. The van der Waals surface area contributed by atoms with Crippen molar-refractivity contribution >= 4 is 17.9 Å². The molecule has 118 heavy (non-hydrogen) atoms. The van der Waals surface area contributed by atoms with Gasteiger partial charge in [-0.3, -0.25) is 53.6 Å². The van der Waals surface area contributed by atoms with Crippen LogP contribution in [0.1, 0.15) is 143 Å². The fourth-order valence-corrected chi connectivity index (χ4v) is 10.4. The van der Waals surface area contributed by atoms with E-state index in [0.717, 1.165) is 111 Å². The van der Waals surface area contributed by atoms with Crippen LogP contribution in [-0.4, -0.2) is 342 Å². The molecule has 656 valence electrons. The molecule has 37 nitrogen and oxygen atoms in total. The van der Waals surface area contributed by atoms with Gasteiger partial charge in [-0.2, -0.15) is 73.7 Å². The van der Waals surface area contributed by atoms with E-state index in [1.54, 1.807) is 28.1 Å². The second kappa shape index (κ2) is 94.7. The molecule has 3 aliphatic heterocycles. The molecule has 0 aromatic rings. The number of hydrogen-bond acceptors (Lipinski definition) is 37. The quantitative estimate of drug-likeness (QED) is 0.0342. The van der Waals surface area contributed by atoms with Crippen molar-refractivity contribution in [1.29, 1.82) is 73.7 Å². The van der Waals surface area contributed by atoms with Crippen molar-refractivity contribution in [3.05, 3.63) is 0 Å². The fraction of sp³-hybridized carbons (Fsp3) is 0.790. The van der Waals surface area contributed by atoms with Crippen LogP contribution < -0.4 is 0 Å². The van der Waals surface area contributed by atoms with Crippen molar-refractivity contribution in [3.63, 3.8) is 0 Å². The summed E-state index contributed by atoms with van der Waals surface area (Å²) in [7, 11) is 3.14. The lowest BCUT2D eigenvalue weighted by atomic mass is 10.2. The highest BCUT2D eigenvalue weighted by Crippen LogP contribution is 2.14. The van der Waals surface area contributed by atoms with Gasteiger partial charge in [-0.1, -0.05) is 0 Å². The molecule has 3 aliphatic rings. The Labute approximate surface area is 703 Å². The number of aliphatic hydroxyl groups excluding tert-OH is 2. The maximum atomic E-state index is 11.2. The lowest BCUT2D eigenvalue weighted by Crippen LogP contribution is -2.37. The molecule has 3 saturated heterocycles.